The minimum absolute atomic E-state index is 0.0336. The number of anilines is 2. The third-order valence-electron chi connectivity index (χ3n) is 4.37. The quantitative estimate of drug-likeness (QED) is 0.616. The Morgan fingerprint density at radius 1 is 1.07 bits per heavy atom. The molecule has 0 spiro atoms. The minimum atomic E-state index is -4.22. The number of rotatable bonds is 4. The predicted molar refractivity (Wildman–Crippen MR) is 108 cm³/mol. The summed E-state index contributed by atoms with van der Waals surface area (Å²) in [5.74, 6) is -2.16. The van der Waals surface area contributed by atoms with Crippen LogP contribution in [0.1, 0.15) is 15.2 Å². The van der Waals surface area contributed by atoms with Gasteiger partial charge in [-0.15, -0.1) is 11.3 Å². The molecule has 148 valence electrons. The highest BCUT2D eigenvalue weighted by Crippen LogP contribution is 2.39. The Hall–Kier alpha value is -3.04. The molecule has 0 radical (unpaired) electrons. The lowest BCUT2D eigenvalue weighted by atomic mass is 10.2. The Bertz CT molecular complexity index is 1220. The van der Waals surface area contributed by atoms with E-state index in [0.29, 0.717) is 5.69 Å². The van der Waals surface area contributed by atoms with E-state index in [1.807, 2.05) is 6.07 Å². The second kappa shape index (κ2) is 7.41. The van der Waals surface area contributed by atoms with Gasteiger partial charge in [0, 0.05) is 12.3 Å². The highest BCUT2D eigenvalue weighted by Gasteiger charge is 2.41. The fourth-order valence-corrected chi connectivity index (χ4v) is 5.44. The first-order valence-corrected chi connectivity index (χ1v) is 10.8. The van der Waals surface area contributed by atoms with Gasteiger partial charge in [0.15, 0.2) is 4.91 Å². The SMILES string of the molecule is O=C1C(=CNc2cc(F)ccc2F)S(=O)(=O)N(Cc2ccccc2)c2ccsc21. The third-order valence-corrected chi connectivity index (χ3v) is 7.03. The average molecular weight is 432 g/mol. The molecule has 0 bridgehead atoms. The second-order valence-corrected chi connectivity index (χ2v) is 8.99. The Kier molecular flexibility index (Phi) is 4.93. The number of Topliss-reactive ketones (excluding diaryl/α,β-unsaturated/α-hetero) is 1. The smallest absolute Gasteiger partial charge is 0.270 e. The van der Waals surface area contributed by atoms with E-state index in [4.69, 9.17) is 0 Å². The molecule has 5 nitrogen and oxygen atoms in total. The van der Waals surface area contributed by atoms with Gasteiger partial charge in [0.1, 0.15) is 16.5 Å². The van der Waals surface area contributed by atoms with E-state index in [1.165, 1.54) is 0 Å². The van der Waals surface area contributed by atoms with Crippen molar-refractivity contribution in [1.29, 1.82) is 0 Å². The van der Waals surface area contributed by atoms with Crippen molar-refractivity contribution in [3.8, 4) is 0 Å². The van der Waals surface area contributed by atoms with E-state index in [9.17, 15) is 22.0 Å². The van der Waals surface area contributed by atoms with Crippen molar-refractivity contribution in [2.24, 2.45) is 0 Å². The summed E-state index contributed by atoms with van der Waals surface area (Å²) in [4.78, 5) is 12.5. The monoisotopic (exact) mass is 432 g/mol. The van der Waals surface area contributed by atoms with Crippen LogP contribution in [0.25, 0.3) is 0 Å². The number of fused-ring (bicyclic) bond motifs is 1. The van der Waals surface area contributed by atoms with Gasteiger partial charge in [-0.25, -0.2) is 17.2 Å². The van der Waals surface area contributed by atoms with Crippen LogP contribution in [0.15, 0.2) is 71.1 Å². The van der Waals surface area contributed by atoms with E-state index < -0.39 is 32.3 Å². The largest absolute Gasteiger partial charge is 0.358 e. The molecule has 2 heterocycles. The molecule has 0 amide bonds. The number of nitrogens with one attached hydrogen (secondary N) is 1. The number of carbonyl (C=O) groups is 1. The van der Waals surface area contributed by atoms with Crippen molar-refractivity contribution in [1.82, 2.24) is 0 Å². The van der Waals surface area contributed by atoms with Crippen molar-refractivity contribution in [2.75, 3.05) is 9.62 Å². The number of nitrogens with zero attached hydrogens (tertiary/aromatic N) is 1. The summed E-state index contributed by atoms with van der Waals surface area (Å²) >= 11 is 1.12. The van der Waals surface area contributed by atoms with Crippen molar-refractivity contribution >= 4 is 38.5 Å². The van der Waals surface area contributed by atoms with Crippen LogP contribution in [0.3, 0.4) is 0 Å². The van der Waals surface area contributed by atoms with Gasteiger partial charge >= 0.3 is 0 Å². The van der Waals surface area contributed by atoms with Gasteiger partial charge in [-0.1, -0.05) is 30.3 Å². The molecule has 3 aromatic rings. The number of halogens is 2. The van der Waals surface area contributed by atoms with Crippen LogP contribution in [0.5, 0.6) is 0 Å². The van der Waals surface area contributed by atoms with E-state index >= 15 is 0 Å². The molecule has 1 aliphatic rings. The molecule has 1 aromatic heterocycles. The number of hydrogen-bond acceptors (Lipinski definition) is 5. The number of ketones is 1. The van der Waals surface area contributed by atoms with Crippen LogP contribution >= 0.6 is 11.3 Å². The molecule has 0 atom stereocenters. The minimum Gasteiger partial charge on any atom is -0.358 e. The molecular formula is C20H14F2N2O3S2. The standard InChI is InChI=1S/C20H14F2N2O3S2/c21-14-6-7-15(22)16(10-14)23-11-18-19(25)20-17(8-9-28-20)24(29(18,26)27)12-13-4-2-1-3-5-13/h1-11,23H,12H2. The Morgan fingerprint density at radius 2 is 1.83 bits per heavy atom. The number of thiophene rings is 1. The van der Waals surface area contributed by atoms with E-state index in [2.05, 4.69) is 5.32 Å². The van der Waals surface area contributed by atoms with Gasteiger partial charge in [-0.3, -0.25) is 9.10 Å². The van der Waals surface area contributed by atoms with Crippen LogP contribution in [-0.4, -0.2) is 14.2 Å². The van der Waals surface area contributed by atoms with E-state index in [1.54, 1.807) is 35.7 Å². The summed E-state index contributed by atoms with van der Waals surface area (Å²) < 4.78 is 54.8. The second-order valence-electron chi connectivity index (χ2n) is 6.24. The molecule has 0 aliphatic carbocycles. The van der Waals surface area contributed by atoms with Gasteiger partial charge in [-0.05, 0) is 29.1 Å². The Morgan fingerprint density at radius 3 is 2.59 bits per heavy atom. The van der Waals surface area contributed by atoms with Gasteiger partial charge < -0.3 is 5.32 Å². The van der Waals surface area contributed by atoms with Gasteiger partial charge in [-0.2, -0.15) is 0 Å². The van der Waals surface area contributed by atoms with Crippen molar-refractivity contribution in [3.63, 3.8) is 0 Å². The fraction of sp³-hybridized carbons (Fsp3) is 0.0500. The Labute approximate surface area is 170 Å². The average Bonchev–Trinajstić information content (AvgIpc) is 3.18. The van der Waals surface area contributed by atoms with Crippen LogP contribution in [0.2, 0.25) is 0 Å². The maximum atomic E-state index is 13.9. The first kappa shape index (κ1) is 19.3. The molecule has 0 saturated carbocycles. The normalized spacial score (nSPS) is 16.7. The summed E-state index contributed by atoms with van der Waals surface area (Å²) in [6.07, 6.45) is 0.913. The number of hydrogen-bond donors (Lipinski definition) is 1. The molecular weight excluding hydrogens is 418 g/mol. The first-order valence-electron chi connectivity index (χ1n) is 8.48. The molecule has 0 unspecified atom stereocenters. The molecule has 0 fully saturated rings. The zero-order valence-corrected chi connectivity index (χ0v) is 16.4. The zero-order chi connectivity index (χ0) is 20.6. The van der Waals surface area contributed by atoms with Crippen LogP contribution in [-0.2, 0) is 16.6 Å². The highest BCUT2D eigenvalue weighted by atomic mass is 32.2. The zero-order valence-electron chi connectivity index (χ0n) is 14.8. The fourth-order valence-electron chi connectivity index (χ4n) is 2.96. The molecule has 29 heavy (non-hydrogen) atoms. The number of benzene rings is 2. The van der Waals surface area contributed by atoms with E-state index in [-0.39, 0.29) is 17.1 Å². The van der Waals surface area contributed by atoms with Crippen molar-refractivity contribution in [3.05, 3.63) is 93.2 Å². The molecule has 4 rings (SSSR count). The lowest BCUT2D eigenvalue weighted by molar-refractivity contribution is 0.104. The molecule has 2 aromatic carbocycles. The number of allylic oxidation sites excluding steroid dienone is 1. The van der Waals surface area contributed by atoms with Gasteiger partial charge in [0.25, 0.3) is 10.0 Å². The maximum Gasteiger partial charge on any atom is 0.270 e. The van der Waals surface area contributed by atoms with Gasteiger partial charge in [0.2, 0.25) is 5.78 Å². The van der Waals surface area contributed by atoms with Crippen LogP contribution in [0, 0.1) is 11.6 Å². The Balaban J connectivity index is 1.77. The molecule has 1 aliphatic heterocycles. The summed E-state index contributed by atoms with van der Waals surface area (Å²) in [5.41, 5.74) is 0.774. The van der Waals surface area contributed by atoms with Crippen molar-refractivity contribution < 1.29 is 22.0 Å². The van der Waals surface area contributed by atoms with Gasteiger partial charge in [0.05, 0.1) is 17.9 Å². The summed E-state index contributed by atoms with van der Waals surface area (Å²) in [6, 6.07) is 13.3. The summed E-state index contributed by atoms with van der Waals surface area (Å²) in [5, 5.41) is 4.06. The third kappa shape index (κ3) is 3.54. The van der Waals surface area contributed by atoms with Crippen LogP contribution in [0.4, 0.5) is 20.2 Å². The topological polar surface area (TPSA) is 66.5 Å². The van der Waals surface area contributed by atoms with E-state index in [0.717, 1.165) is 45.6 Å². The number of sulfonamides is 1. The number of carbonyl (C=O) groups excluding carboxylic acids is 1. The maximum absolute atomic E-state index is 13.9. The molecule has 0 saturated heterocycles. The van der Waals surface area contributed by atoms with Crippen LogP contribution < -0.4 is 9.62 Å². The molecule has 1 N–H and O–H groups in total. The highest BCUT2D eigenvalue weighted by molar-refractivity contribution is 7.97. The summed E-state index contributed by atoms with van der Waals surface area (Å²) in [7, 11) is -4.22. The first-order chi connectivity index (χ1) is 13.9. The summed E-state index contributed by atoms with van der Waals surface area (Å²) in [6.45, 7) is 0.0336. The van der Waals surface area contributed by atoms with Crippen molar-refractivity contribution in [2.45, 2.75) is 6.54 Å². The predicted octanol–water partition coefficient (Wildman–Crippen LogP) is 4.51. The lowest BCUT2D eigenvalue weighted by Crippen LogP contribution is -2.38. The lowest BCUT2D eigenvalue weighted by Gasteiger charge is -2.29. The molecule has 9 heteroatoms.